The largest absolute Gasteiger partial charge is 0.497 e. The molecule has 0 aliphatic heterocycles. The Morgan fingerprint density at radius 1 is 1.35 bits per heavy atom. The second-order valence-corrected chi connectivity index (χ2v) is 7.18. The zero-order valence-corrected chi connectivity index (χ0v) is 13.3. The van der Waals surface area contributed by atoms with Gasteiger partial charge in [-0.25, -0.2) is 0 Å². The third kappa shape index (κ3) is 3.60. The van der Waals surface area contributed by atoms with E-state index in [-0.39, 0.29) is 0 Å². The standard InChI is InChI=1S/C14H14Cl3NO2/c1-13(18-12(19)14(15,16)17)8-10(13)7-9-3-5-11(20-2)6-4-9/h3-7H,8H2,1-2H3,(H,18,19)/b10-7-. The highest BCUT2D eigenvalue weighted by Gasteiger charge is 2.48. The summed E-state index contributed by atoms with van der Waals surface area (Å²) in [6, 6.07) is 7.65. The monoisotopic (exact) mass is 333 g/mol. The minimum absolute atomic E-state index is 0.430. The van der Waals surface area contributed by atoms with Crippen LogP contribution in [-0.4, -0.2) is 22.3 Å². The summed E-state index contributed by atoms with van der Waals surface area (Å²) >= 11 is 16.6. The number of hydrogen-bond donors (Lipinski definition) is 1. The molecule has 108 valence electrons. The predicted molar refractivity (Wildman–Crippen MR) is 82.4 cm³/mol. The molecule has 3 nitrogen and oxygen atoms in total. The van der Waals surface area contributed by atoms with Gasteiger partial charge >= 0.3 is 0 Å². The minimum atomic E-state index is -1.93. The van der Waals surface area contributed by atoms with Crippen molar-refractivity contribution in [2.45, 2.75) is 22.7 Å². The Hall–Kier alpha value is -0.900. The van der Waals surface area contributed by atoms with Gasteiger partial charge in [0.05, 0.1) is 12.6 Å². The first-order valence-corrected chi connectivity index (χ1v) is 7.12. The van der Waals surface area contributed by atoms with E-state index in [1.165, 1.54) is 0 Å². The van der Waals surface area contributed by atoms with Gasteiger partial charge in [0.1, 0.15) is 5.75 Å². The molecule has 1 saturated carbocycles. The van der Waals surface area contributed by atoms with Gasteiger partial charge in [0.15, 0.2) is 0 Å². The van der Waals surface area contributed by atoms with Crippen LogP contribution in [0.1, 0.15) is 18.9 Å². The van der Waals surface area contributed by atoms with Crippen LogP contribution in [-0.2, 0) is 4.79 Å². The lowest BCUT2D eigenvalue weighted by atomic mass is 10.2. The van der Waals surface area contributed by atoms with E-state index in [2.05, 4.69) is 5.32 Å². The maximum atomic E-state index is 11.7. The van der Waals surface area contributed by atoms with E-state index in [4.69, 9.17) is 39.5 Å². The second kappa shape index (κ2) is 5.47. The van der Waals surface area contributed by atoms with Gasteiger partial charge in [-0.2, -0.15) is 0 Å². The highest BCUT2D eigenvalue weighted by atomic mass is 35.6. The van der Waals surface area contributed by atoms with Crippen LogP contribution in [0.3, 0.4) is 0 Å². The van der Waals surface area contributed by atoms with Crippen molar-refractivity contribution >= 4 is 46.8 Å². The predicted octanol–water partition coefficient (Wildman–Crippen LogP) is 3.73. The van der Waals surface area contributed by atoms with Crippen LogP contribution in [0.15, 0.2) is 29.8 Å². The number of carbonyl (C=O) groups is 1. The average molecular weight is 335 g/mol. The van der Waals surface area contributed by atoms with Crippen LogP contribution in [0.2, 0.25) is 0 Å². The molecule has 0 spiro atoms. The van der Waals surface area contributed by atoms with Crippen LogP contribution < -0.4 is 10.1 Å². The fourth-order valence-corrected chi connectivity index (χ4v) is 2.04. The second-order valence-electron chi connectivity index (χ2n) is 4.90. The van der Waals surface area contributed by atoms with Gasteiger partial charge in [-0.05, 0) is 36.6 Å². The Balaban J connectivity index is 2.05. The first-order valence-electron chi connectivity index (χ1n) is 5.99. The number of amides is 1. The van der Waals surface area contributed by atoms with Gasteiger partial charge in [-0.15, -0.1) is 0 Å². The number of methoxy groups -OCH3 is 1. The number of carbonyl (C=O) groups excluding carboxylic acids is 1. The Morgan fingerprint density at radius 2 is 1.95 bits per heavy atom. The zero-order chi connectivity index (χ0) is 15.0. The first-order chi connectivity index (χ1) is 9.24. The van der Waals surface area contributed by atoms with E-state index < -0.39 is 15.2 Å². The van der Waals surface area contributed by atoms with Crippen molar-refractivity contribution in [3.8, 4) is 5.75 Å². The highest BCUT2D eigenvalue weighted by molar-refractivity contribution is 6.76. The molecule has 1 amide bonds. The maximum absolute atomic E-state index is 11.7. The van der Waals surface area contributed by atoms with Crippen LogP contribution in [0.4, 0.5) is 0 Å². The molecule has 1 N–H and O–H groups in total. The Kier molecular flexibility index (Phi) is 4.24. The van der Waals surface area contributed by atoms with Crippen molar-refractivity contribution in [3.63, 3.8) is 0 Å². The van der Waals surface area contributed by atoms with Crippen molar-refractivity contribution in [1.29, 1.82) is 0 Å². The molecule has 1 aromatic carbocycles. The van der Waals surface area contributed by atoms with Gasteiger partial charge in [-0.1, -0.05) is 53.0 Å². The molecule has 1 aliphatic carbocycles. The molecule has 1 fully saturated rings. The fraction of sp³-hybridized carbons (Fsp3) is 0.357. The van der Waals surface area contributed by atoms with Gasteiger partial charge in [0, 0.05) is 0 Å². The number of nitrogens with one attached hydrogen (secondary N) is 1. The molecule has 1 aromatic rings. The molecular formula is C14H14Cl3NO2. The molecule has 1 aliphatic rings. The summed E-state index contributed by atoms with van der Waals surface area (Å²) in [7, 11) is 1.62. The van der Waals surface area contributed by atoms with Gasteiger partial charge in [0.25, 0.3) is 9.70 Å². The third-order valence-electron chi connectivity index (χ3n) is 3.23. The number of hydrogen-bond acceptors (Lipinski definition) is 2. The summed E-state index contributed by atoms with van der Waals surface area (Å²) in [6.07, 6.45) is 2.75. The summed E-state index contributed by atoms with van der Waals surface area (Å²) < 4.78 is 3.17. The number of halogens is 3. The van der Waals surface area contributed by atoms with Crippen LogP contribution in [0.5, 0.6) is 5.75 Å². The molecule has 20 heavy (non-hydrogen) atoms. The minimum Gasteiger partial charge on any atom is -0.497 e. The average Bonchev–Trinajstić information content (AvgIpc) is 2.99. The van der Waals surface area contributed by atoms with Crippen LogP contribution in [0.25, 0.3) is 6.08 Å². The molecule has 6 heteroatoms. The summed E-state index contributed by atoms with van der Waals surface area (Å²) in [4.78, 5) is 11.7. The van der Waals surface area contributed by atoms with E-state index in [1.54, 1.807) is 7.11 Å². The lowest BCUT2D eigenvalue weighted by molar-refractivity contribution is -0.120. The van der Waals surface area contributed by atoms with Crippen molar-refractivity contribution < 1.29 is 9.53 Å². The van der Waals surface area contributed by atoms with E-state index >= 15 is 0 Å². The summed E-state index contributed by atoms with van der Waals surface area (Å²) in [6.45, 7) is 1.90. The van der Waals surface area contributed by atoms with Crippen molar-refractivity contribution in [3.05, 3.63) is 35.4 Å². The lowest BCUT2D eigenvalue weighted by Gasteiger charge is -2.16. The van der Waals surface area contributed by atoms with Gasteiger partial charge in [-0.3, -0.25) is 4.79 Å². The van der Waals surface area contributed by atoms with E-state index in [0.717, 1.165) is 23.3 Å². The lowest BCUT2D eigenvalue weighted by Crippen LogP contribution is -2.41. The highest BCUT2D eigenvalue weighted by Crippen LogP contribution is 2.44. The quantitative estimate of drug-likeness (QED) is 0.855. The zero-order valence-electron chi connectivity index (χ0n) is 11.0. The smallest absolute Gasteiger partial charge is 0.272 e. The first kappa shape index (κ1) is 15.5. The van der Waals surface area contributed by atoms with Gasteiger partial charge < -0.3 is 10.1 Å². The molecule has 1 unspecified atom stereocenters. The van der Waals surface area contributed by atoms with E-state index in [0.29, 0.717) is 0 Å². The van der Waals surface area contributed by atoms with Gasteiger partial charge in [0.2, 0.25) is 0 Å². The summed E-state index contributed by atoms with van der Waals surface area (Å²) in [5, 5.41) is 2.74. The molecule has 0 radical (unpaired) electrons. The summed E-state index contributed by atoms with van der Waals surface area (Å²) in [5.74, 6) is 0.193. The Bertz CT molecular complexity index is 549. The van der Waals surface area contributed by atoms with Crippen molar-refractivity contribution in [2.24, 2.45) is 0 Å². The van der Waals surface area contributed by atoms with Crippen LogP contribution in [0, 0.1) is 0 Å². The maximum Gasteiger partial charge on any atom is 0.272 e. The molecule has 0 heterocycles. The molecule has 0 aromatic heterocycles. The van der Waals surface area contributed by atoms with Crippen molar-refractivity contribution in [1.82, 2.24) is 5.32 Å². The molecule has 0 bridgehead atoms. The van der Waals surface area contributed by atoms with Crippen molar-refractivity contribution in [2.75, 3.05) is 7.11 Å². The molecule has 2 rings (SSSR count). The normalized spacial score (nSPS) is 23.6. The topological polar surface area (TPSA) is 38.3 Å². The van der Waals surface area contributed by atoms with E-state index in [1.807, 2.05) is 37.3 Å². The number of benzene rings is 1. The molecular weight excluding hydrogens is 321 g/mol. The fourth-order valence-electron chi connectivity index (χ4n) is 1.89. The summed E-state index contributed by atoms with van der Waals surface area (Å²) in [5.41, 5.74) is 1.69. The number of alkyl halides is 3. The molecule has 0 saturated heterocycles. The Labute approximate surface area is 132 Å². The number of ether oxygens (including phenoxy) is 1. The number of rotatable bonds is 3. The van der Waals surface area contributed by atoms with E-state index in [9.17, 15) is 4.79 Å². The SMILES string of the molecule is COc1ccc(/C=C2/CC2(C)NC(=O)C(Cl)(Cl)Cl)cc1. The Morgan fingerprint density at radius 3 is 2.45 bits per heavy atom. The van der Waals surface area contributed by atoms with Crippen LogP contribution >= 0.6 is 34.8 Å². The molecule has 1 atom stereocenters. The third-order valence-corrected chi connectivity index (χ3v) is 3.75.